The molecule has 52 heavy (non-hydrogen) atoms. The maximum Gasteiger partial charge on any atom is 0.337 e. The number of fused-ring (bicyclic) bond motifs is 3. The lowest BCUT2D eigenvalue weighted by Crippen LogP contribution is -2.54. The molecule has 280 valence electrons. The fraction of sp³-hybridized carbons (Fsp3) is 0.405. The average Bonchev–Trinajstić information content (AvgIpc) is 3.82. The molecule has 13 nitrogen and oxygen atoms in total. The summed E-state index contributed by atoms with van der Waals surface area (Å²) in [6, 6.07) is 8.79. The third-order valence-electron chi connectivity index (χ3n) is 10.4. The number of H-pyrrole nitrogens is 1. The van der Waals surface area contributed by atoms with Gasteiger partial charge in [0.2, 0.25) is 0 Å². The summed E-state index contributed by atoms with van der Waals surface area (Å²) in [5.74, 6) is -1.79. The third kappa shape index (κ3) is 8.77. The number of hydrogen-bond acceptors (Lipinski definition) is 8. The minimum atomic E-state index is -1.73. The molecule has 15 heteroatoms. The predicted octanol–water partition coefficient (Wildman–Crippen LogP) is 7.60. The van der Waals surface area contributed by atoms with Crippen molar-refractivity contribution >= 4 is 62.3 Å². The van der Waals surface area contributed by atoms with E-state index in [-0.39, 0.29) is 26.8 Å². The normalized spacial score (nSPS) is 12.9. The van der Waals surface area contributed by atoms with E-state index < -0.39 is 34.4 Å². The number of hydrogen-bond donors (Lipinski definition) is 5. The Kier molecular flexibility index (Phi) is 12.6. The summed E-state index contributed by atoms with van der Waals surface area (Å²) in [7, 11) is -2.38. The van der Waals surface area contributed by atoms with Gasteiger partial charge in [0.15, 0.2) is 16.5 Å². The van der Waals surface area contributed by atoms with Gasteiger partial charge in [-0.15, -0.1) is 0 Å². The van der Waals surface area contributed by atoms with Crippen LogP contribution in [0, 0.1) is 0 Å². The van der Waals surface area contributed by atoms with E-state index in [2.05, 4.69) is 96.5 Å². The van der Waals surface area contributed by atoms with Gasteiger partial charge in [0.05, 0.1) is 16.7 Å². The maximum absolute atomic E-state index is 11.0. The van der Waals surface area contributed by atoms with Gasteiger partial charge in [0.1, 0.15) is 17.1 Å². The smallest absolute Gasteiger partial charge is 0.337 e. The van der Waals surface area contributed by atoms with Crippen LogP contribution in [0.5, 0.6) is 0 Å². The highest BCUT2D eigenvalue weighted by atomic mass is 28.3. The van der Waals surface area contributed by atoms with Gasteiger partial charge in [-0.1, -0.05) is 67.7 Å². The molecule has 0 bridgehead atoms. The first kappa shape index (κ1) is 41.6. The molecule has 0 unspecified atom stereocenters. The molecule has 5 N–H and O–H groups in total. The van der Waals surface area contributed by atoms with E-state index in [1.54, 1.807) is 30.5 Å². The zero-order valence-corrected chi connectivity index (χ0v) is 33.9. The number of carboxylic acid groups (broad SMARTS) is 3. The third-order valence-corrected chi connectivity index (χ3v) is 21.1. The monoisotopic (exact) mass is 748 g/mol. The summed E-state index contributed by atoms with van der Waals surface area (Å²) in [5.41, 5.74) is 3.40. The SMILES string of the molecule is CC(C)(C)[Si](C)(C)N1CCc2cc(C(=O)O)cnc21.CC(C)(C)[Si](C)(C)n1ccc2cc(C(=O)O)cnc21.CO.O=C(O)c1cnc2[nH]ccc2c1. The number of anilines is 1. The number of aromatic amines is 1. The molecular formula is C37H52N6O7Si2. The zero-order chi connectivity index (χ0) is 39.4. The Morgan fingerprint density at radius 2 is 1.21 bits per heavy atom. The van der Waals surface area contributed by atoms with Crippen molar-refractivity contribution in [1.82, 2.24) is 24.2 Å². The lowest BCUT2D eigenvalue weighted by Gasteiger charge is -2.44. The van der Waals surface area contributed by atoms with E-state index in [1.165, 1.54) is 18.6 Å². The molecule has 0 saturated heterocycles. The minimum Gasteiger partial charge on any atom is -0.478 e. The molecule has 0 aliphatic carbocycles. The Bertz CT molecular complexity index is 2060. The van der Waals surface area contributed by atoms with E-state index in [9.17, 15) is 14.4 Å². The van der Waals surface area contributed by atoms with Gasteiger partial charge >= 0.3 is 17.9 Å². The first-order valence-corrected chi connectivity index (χ1v) is 22.8. The lowest BCUT2D eigenvalue weighted by molar-refractivity contribution is 0.0685. The van der Waals surface area contributed by atoms with Crippen molar-refractivity contribution in [3.63, 3.8) is 0 Å². The molecule has 1 aliphatic rings. The van der Waals surface area contributed by atoms with Crippen LogP contribution in [0.1, 0.15) is 78.2 Å². The summed E-state index contributed by atoms with van der Waals surface area (Å²) in [4.78, 5) is 48.1. The largest absolute Gasteiger partial charge is 0.478 e. The molecular weight excluding hydrogens is 697 g/mol. The lowest BCUT2D eigenvalue weighted by atomic mass is 10.2. The Morgan fingerprint density at radius 1 is 0.712 bits per heavy atom. The molecule has 0 aromatic carbocycles. The molecule has 0 radical (unpaired) electrons. The van der Waals surface area contributed by atoms with Gasteiger partial charge in [-0.2, -0.15) is 0 Å². The van der Waals surface area contributed by atoms with Crippen LogP contribution in [0.15, 0.2) is 61.3 Å². The Morgan fingerprint density at radius 3 is 1.75 bits per heavy atom. The number of nitrogens with zero attached hydrogens (tertiary/aromatic N) is 5. The van der Waals surface area contributed by atoms with Crippen LogP contribution in [0.3, 0.4) is 0 Å². The molecule has 6 rings (SSSR count). The van der Waals surface area contributed by atoms with E-state index in [1.807, 2.05) is 12.3 Å². The van der Waals surface area contributed by atoms with Crippen LogP contribution < -0.4 is 4.57 Å². The number of nitrogens with one attached hydrogen (secondary N) is 1. The Labute approximate surface area is 306 Å². The van der Waals surface area contributed by atoms with Crippen LogP contribution in [0.25, 0.3) is 22.1 Å². The highest BCUT2D eigenvalue weighted by Gasteiger charge is 2.44. The van der Waals surface area contributed by atoms with Crippen LogP contribution in [0.2, 0.25) is 36.3 Å². The quantitative estimate of drug-likeness (QED) is 0.111. The molecule has 5 aromatic rings. The fourth-order valence-corrected chi connectivity index (χ4v) is 9.44. The van der Waals surface area contributed by atoms with Crippen molar-refractivity contribution in [2.75, 3.05) is 18.2 Å². The Balaban J connectivity index is 0.000000210. The number of aromatic carboxylic acids is 3. The van der Waals surface area contributed by atoms with Crippen LogP contribution in [0.4, 0.5) is 5.82 Å². The number of aliphatic hydroxyl groups excluding tert-OH is 1. The van der Waals surface area contributed by atoms with E-state index >= 15 is 0 Å². The van der Waals surface area contributed by atoms with Crippen LogP contribution in [-0.4, -0.2) is 92.6 Å². The van der Waals surface area contributed by atoms with E-state index in [0.717, 1.165) is 47.9 Å². The topological polar surface area (TPSA) is 195 Å². The van der Waals surface area contributed by atoms with Crippen molar-refractivity contribution in [2.24, 2.45) is 0 Å². The second kappa shape index (κ2) is 15.8. The minimum absolute atomic E-state index is 0.200. The maximum atomic E-state index is 11.0. The Hall–Kier alpha value is -4.87. The number of carbonyl (C=O) groups is 3. The van der Waals surface area contributed by atoms with Crippen molar-refractivity contribution in [1.29, 1.82) is 0 Å². The number of rotatable bonds is 5. The van der Waals surface area contributed by atoms with Crippen LogP contribution >= 0.6 is 0 Å². The molecule has 0 atom stereocenters. The first-order chi connectivity index (χ1) is 24.1. The highest BCUT2D eigenvalue weighted by Crippen LogP contribution is 2.43. The number of carboxylic acids is 3. The summed E-state index contributed by atoms with van der Waals surface area (Å²) in [6.07, 6.45) is 8.92. The summed E-state index contributed by atoms with van der Waals surface area (Å²) >= 11 is 0. The molecule has 6 heterocycles. The summed E-state index contributed by atoms with van der Waals surface area (Å²) < 4.78 is 4.70. The van der Waals surface area contributed by atoms with Gasteiger partial charge in [-0.3, -0.25) is 0 Å². The van der Waals surface area contributed by atoms with Crippen molar-refractivity contribution in [2.45, 2.75) is 84.2 Å². The summed E-state index contributed by atoms with van der Waals surface area (Å²) in [6.45, 7) is 23.9. The van der Waals surface area contributed by atoms with Crippen molar-refractivity contribution in [3.8, 4) is 0 Å². The van der Waals surface area contributed by atoms with Crippen LogP contribution in [-0.2, 0) is 6.42 Å². The standard InChI is InChI=1S/C14H22N2O2Si.C14H20N2O2Si.C8H6N2O2.CH4O/c2*1-14(2,3)19(4,5)16-7-6-10-8-11(13(17)18)9-15-12(10)16;11-8(12)6-3-5-1-2-9-7(5)10-4-6;1-2/h8-9H,6-7H2,1-5H3,(H,17,18);6-9H,1-5H3,(H,17,18);1-4H,(H,9,10)(H,11,12);2H,1H3. The second-order valence-electron chi connectivity index (χ2n) is 15.6. The van der Waals surface area contributed by atoms with Gasteiger partial charge < -0.3 is 34.2 Å². The number of pyridine rings is 3. The van der Waals surface area contributed by atoms with E-state index in [4.69, 9.17) is 20.4 Å². The predicted molar refractivity (Wildman–Crippen MR) is 210 cm³/mol. The number of aromatic nitrogens is 5. The molecule has 0 amide bonds. The van der Waals surface area contributed by atoms with E-state index in [0.29, 0.717) is 5.65 Å². The first-order valence-electron chi connectivity index (χ1n) is 16.9. The molecule has 0 saturated carbocycles. The molecule has 0 fully saturated rings. The summed E-state index contributed by atoms with van der Waals surface area (Å²) in [5, 5.41) is 35.8. The van der Waals surface area contributed by atoms with Gasteiger partial charge in [-0.25, -0.2) is 29.3 Å². The van der Waals surface area contributed by atoms with Gasteiger partial charge in [0.25, 0.3) is 0 Å². The second-order valence-corrected chi connectivity index (χ2v) is 25.9. The van der Waals surface area contributed by atoms with Crippen molar-refractivity contribution in [3.05, 3.63) is 83.6 Å². The molecule has 1 aliphatic heterocycles. The van der Waals surface area contributed by atoms with Gasteiger partial charge in [0, 0.05) is 49.2 Å². The molecule has 5 aromatic heterocycles. The van der Waals surface area contributed by atoms with Crippen molar-refractivity contribution < 1.29 is 34.8 Å². The zero-order valence-electron chi connectivity index (χ0n) is 31.9. The number of aliphatic hydroxyl groups is 1. The highest BCUT2D eigenvalue weighted by molar-refractivity contribution is 6.83. The van der Waals surface area contributed by atoms with Gasteiger partial charge in [-0.05, 0) is 58.6 Å². The average molecular weight is 749 g/mol. The molecule has 0 spiro atoms. The fourth-order valence-electron chi connectivity index (χ4n) is 5.34.